The minimum Gasteiger partial charge on any atom is -0.505 e. The van der Waals surface area contributed by atoms with Gasteiger partial charge in [0.15, 0.2) is 11.5 Å². The Balaban J connectivity index is 1.90. The zero-order chi connectivity index (χ0) is 13.2. The number of fused-ring (bicyclic) bond motifs is 1. The van der Waals surface area contributed by atoms with Gasteiger partial charge in [-0.1, -0.05) is 18.2 Å². The van der Waals surface area contributed by atoms with Crippen molar-refractivity contribution in [1.29, 1.82) is 0 Å². The lowest BCUT2D eigenvalue weighted by Gasteiger charge is -2.00. The second-order valence-electron chi connectivity index (χ2n) is 4.13. The van der Waals surface area contributed by atoms with Crippen molar-refractivity contribution >= 4 is 11.4 Å². The molecule has 2 aromatic carbocycles. The molecule has 96 valence electrons. The van der Waals surface area contributed by atoms with Crippen LogP contribution in [-0.4, -0.2) is 11.4 Å². The summed E-state index contributed by atoms with van der Waals surface area (Å²) in [5.41, 5.74) is 1.06. The fourth-order valence-electron chi connectivity index (χ4n) is 1.79. The Labute approximate surface area is 110 Å². The maximum atomic E-state index is 9.85. The molecule has 1 atom stereocenters. The molecule has 5 heteroatoms. The van der Waals surface area contributed by atoms with Crippen molar-refractivity contribution in [2.24, 2.45) is 10.2 Å². The zero-order valence-electron chi connectivity index (χ0n) is 10.3. The summed E-state index contributed by atoms with van der Waals surface area (Å²) in [6.07, 6.45) is -0.351. The fraction of sp³-hybridized carbons (Fsp3) is 0.143. The van der Waals surface area contributed by atoms with Crippen LogP contribution in [0, 0.1) is 0 Å². The van der Waals surface area contributed by atoms with E-state index in [-0.39, 0.29) is 12.0 Å². The Kier molecular flexibility index (Phi) is 2.79. The van der Waals surface area contributed by atoms with Gasteiger partial charge in [-0.2, -0.15) is 5.11 Å². The molecule has 1 unspecified atom stereocenters. The zero-order valence-corrected chi connectivity index (χ0v) is 10.3. The highest BCUT2D eigenvalue weighted by Crippen LogP contribution is 2.43. The van der Waals surface area contributed by atoms with E-state index in [0.717, 1.165) is 0 Å². The first-order chi connectivity index (χ1) is 9.22. The number of phenolic OH excluding ortho intramolecular Hbond substituents is 1. The van der Waals surface area contributed by atoms with E-state index < -0.39 is 0 Å². The van der Waals surface area contributed by atoms with E-state index >= 15 is 0 Å². The van der Waals surface area contributed by atoms with Gasteiger partial charge in [0, 0.05) is 19.1 Å². The van der Waals surface area contributed by atoms with Crippen LogP contribution in [0.15, 0.2) is 52.7 Å². The van der Waals surface area contributed by atoms with Crippen LogP contribution < -0.4 is 9.47 Å². The molecule has 1 aliphatic heterocycles. The molecule has 0 fully saturated rings. The second kappa shape index (κ2) is 4.61. The standard InChI is InChI=1S/C14H12N2O3/c1-9-18-13-7-11(12(17)8-14(13)19-9)16-15-10-5-3-2-4-6-10/h2-9,17H,1H3. The van der Waals surface area contributed by atoms with Crippen molar-refractivity contribution in [2.75, 3.05) is 0 Å². The molecule has 0 amide bonds. The van der Waals surface area contributed by atoms with E-state index in [2.05, 4.69) is 10.2 Å². The van der Waals surface area contributed by atoms with Gasteiger partial charge in [0.1, 0.15) is 11.4 Å². The number of benzene rings is 2. The Morgan fingerprint density at radius 1 is 1.00 bits per heavy atom. The van der Waals surface area contributed by atoms with Gasteiger partial charge in [-0.05, 0) is 12.1 Å². The lowest BCUT2D eigenvalue weighted by atomic mass is 10.2. The maximum absolute atomic E-state index is 9.85. The van der Waals surface area contributed by atoms with Crippen molar-refractivity contribution in [3.63, 3.8) is 0 Å². The molecule has 1 aliphatic rings. The van der Waals surface area contributed by atoms with Crippen LogP contribution in [0.1, 0.15) is 6.92 Å². The van der Waals surface area contributed by atoms with E-state index in [1.165, 1.54) is 6.07 Å². The average Bonchev–Trinajstić information content (AvgIpc) is 2.76. The number of nitrogens with zero attached hydrogens (tertiary/aromatic N) is 2. The van der Waals surface area contributed by atoms with E-state index in [9.17, 15) is 5.11 Å². The SMILES string of the molecule is CC1Oc2cc(O)c(N=Nc3ccccc3)cc2O1. The van der Waals surface area contributed by atoms with Crippen LogP contribution in [-0.2, 0) is 0 Å². The molecule has 1 N–H and O–H groups in total. The summed E-state index contributed by atoms with van der Waals surface area (Å²) in [7, 11) is 0. The van der Waals surface area contributed by atoms with Crippen molar-refractivity contribution in [3.8, 4) is 17.2 Å². The Bertz CT molecular complexity index is 626. The van der Waals surface area contributed by atoms with E-state index in [1.54, 1.807) is 13.0 Å². The molecule has 5 nitrogen and oxygen atoms in total. The summed E-state index contributed by atoms with van der Waals surface area (Å²) >= 11 is 0. The van der Waals surface area contributed by atoms with Crippen LogP contribution in [0.4, 0.5) is 11.4 Å². The van der Waals surface area contributed by atoms with Crippen LogP contribution >= 0.6 is 0 Å². The number of phenols is 1. The smallest absolute Gasteiger partial charge is 0.238 e. The van der Waals surface area contributed by atoms with Gasteiger partial charge in [0.2, 0.25) is 6.29 Å². The first-order valence-corrected chi connectivity index (χ1v) is 5.89. The summed E-state index contributed by atoms with van der Waals surface area (Å²) in [5.74, 6) is 1.09. The summed E-state index contributed by atoms with van der Waals surface area (Å²) in [4.78, 5) is 0. The number of rotatable bonds is 2. The summed E-state index contributed by atoms with van der Waals surface area (Å²) in [6.45, 7) is 1.78. The summed E-state index contributed by atoms with van der Waals surface area (Å²) < 4.78 is 10.8. The van der Waals surface area contributed by atoms with Crippen molar-refractivity contribution in [1.82, 2.24) is 0 Å². The summed E-state index contributed by atoms with van der Waals surface area (Å²) in [6, 6.07) is 12.4. The molecule has 0 spiro atoms. The number of azo groups is 1. The van der Waals surface area contributed by atoms with Crippen molar-refractivity contribution < 1.29 is 14.6 Å². The first kappa shape index (κ1) is 11.5. The molecular formula is C14H12N2O3. The predicted octanol–water partition coefficient (Wildman–Crippen LogP) is 3.92. The Morgan fingerprint density at radius 2 is 1.68 bits per heavy atom. The Morgan fingerprint density at radius 3 is 2.42 bits per heavy atom. The first-order valence-electron chi connectivity index (χ1n) is 5.89. The molecule has 3 rings (SSSR count). The maximum Gasteiger partial charge on any atom is 0.238 e. The lowest BCUT2D eigenvalue weighted by molar-refractivity contribution is 0.0678. The van der Waals surface area contributed by atoms with Crippen molar-refractivity contribution in [2.45, 2.75) is 13.2 Å². The van der Waals surface area contributed by atoms with Gasteiger partial charge in [-0.3, -0.25) is 0 Å². The second-order valence-corrected chi connectivity index (χ2v) is 4.13. The van der Waals surface area contributed by atoms with Gasteiger partial charge in [-0.25, -0.2) is 0 Å². The molecule has 0 bridgehead atoms. The number of aromatic hydroxyl groups is 1. The molecule has 1 heterocycles. The molecule has 2 aromatic rings. The minimum absolute atomic E-state index is 0.0103. The average molecular weight is 256 g/mol. The molecule has 0 saturated carbocycles. The van der Waals surface area contributed by atoms with Gasteiger partial charge in [0.25, 0.3) is 0 Å². The van der Waals surface area contributed by atoms with Crippen LogP contribution in [0.3, 0.4) is 0 Å². The van der Waals surface area contributed by atoms with E-state index in [1.807, 2.05) is 30.3 Å². The van der Waals surface area contributed by atoms with E-state index in [0.29, 0.717) is 22.9 Å². The molecule has 19 heavy (non-hydrogen) atoms. The highest BCUT2D eigenvalue weighted by atomic mass is 16.7. The largest absolute Gasteiger partial charge is 0.505 e. The van der Waals surface area contributed by atoms with Gasteiger partial charge < -0.3 is 14.6 Å². The Hall–Kier alpha value is -2.56. The van der Waals surface area contributed by atoms with Crippen LogP contribution in [0.25, 0.3) is 0 Å². The molecule has 0 saturated heterocycles. The van der Waals surface area contributed by atoms with Crippen LogP contribution in [0.5, 0.6) is 17.2 Å². The predicted molar refractivity (Wildman–Crippen MR) is 69.4 cm³/mol. The highest BCUT2D eigenvalue weighted by molar-refractivity contribution is 5.61. The topological polar surface area (TPSA) is 63.4 Å². The summed E-state index contributed by atoms with van der Waals surface area (Å²) in [5, 5.41) is 17.9. The highest BCUT2D eigenvalue weighted by Gasteiger charge is 2.22. The van der Waals surface area contributed by atoms with Gasteiger partial charge in [0.05, 0.1) is 5.69 Å². The minimum atomic E-state index is -0.351. The molecule has 0 aromatic heterocycles. The molecular weight excluding hydrogens is 244 g/mol. The number of ether oxygens (including phenoxy) is 2. The van der Waals surface area contributed by atoms with E-state index in [4.69, 9.17) is 9.47 Å². The fourth-order valence-corrected chi connectivity index (χ4v) is 1.79. The van der Waals surface area contributed by atoms with Crippen molar-refractivity contribution in [3.05, 3.63) is 42.5 Å². The third-order valence-electron chi connectivity index (χ3n) is 2.66. The lowest BCUT2D eigenvalue weighted by Crippen LogP contribution is -2.11. The number of hydrogen-bond acceptors (Lipinski definition) is 5. The third-order valence-corrected chi connectivity index (χ3v) is 2.66. The quantitative estimate of drug-likeness (QED) is 0.828. The monoisotopic (exact) mass is 256 g/mol. The van der Waals surface area contributed by atoms with Gasteiger partial charge >= 0.3 is 0 Å². The third kappa shape index (κ3) is 2.35. The molecule has 0 aliphatic carbocycles. The normalized spacial score (nSPS) is 17.0. The van der Waals surface area contributed by atoms with Gasteiger partial charge in [-0.15, -0.1) is 5.11 Å². The number of hydrogen-bond donors (Lipinski definition) is 1. The molecule has 0 radical (unpaired) electrons. The van der Waals surface area contributed by atoms with Crippen LogP contribution in [0.2, 0.25) is 0 Å².